The minimum Gasteiger partial charge on any atom is -0.390 e. The molecule has 8 heteroatoms. The molecule has 2 aromatic heterocycles. The number of nitrogens with zero attached hydrogens (tertiary/aromatic N) is 5. The summed E-state index contributed by atoms with van der Waals surface area (Å²) in [6.07, 6.45) is 6.44. The third-order valence-electron chi connectivity index (χ3n) is 4.63. The first-order chi connectivity index (χ1) is 13.7. The molecular weight excluding hydrogens is 356 g/mol. The molecule has 1 aliphatic rings. The van der Waals surface area contributed by atoms with E-state index in [1.54, 1.807) is 29.0 Å². The van der Waals surface area contributed by atoms with E-state index in [1.807, 2.05) is 19.1 Å². The molecule has 140 valence electrons. The summed E-state index contributed by atoms with van der Waals surface area (Å²) in [5.74, 6) is -0.171. The molecule has 1 atom stereocenters. The smallest absolute Gasteiger partial charge is 0.251 e. The van der Waals surface area contributed by atoms with Crippen molar-refractivity contribution in [1.29, 1.82) is 5.26 Å². The Morgan fingerprint density at radius 1 is 1.39 bits per heavy atom. The lowest BCUT2D eigenvalue weighted by Crippen LogP contribution is -2.32. The summed E-state index contributed by atoms with van der Waals surface area (Å²) in [6.45, 7) is 2.44. The molecule has 0 fully saturated rings. The highest BCUT2D eigenvalue weighted by Crippen LogP contribution is 2.21. The van der Waals surface area contributed by atoms with Crippen LogP contribution < -0.4 is 5.32 Å². The lowest BCUT2D eigenvalue weighted by Gasteiger charge is -2.10. The van der Waals surface area contributed by atoms with Gasteiger partial charge in [-0.05, 0) is 24.1 Å². The molecular formula is C20H18N6O2. The largest absolute Gasteiger partial charge is 0.390 e. The van der Waals surface area contributed by atoms with E-state index in [0.29, 0.717) is 23.3 Å². The maximum atomic E-state index is 12.5. The molecule has 0 bridgehead atoms. The van der Waals surface area contributed by atoms with Crippen LogP contribution in [0, 0.1) is 11.3 Å². The molecule has 3 aromatic rings. The first kappa shape index (κ1) is 17.7. The summed E-state index contributed by atoms with van der Waals surface area (Å²) in [5.41, 5.74) is 4.13. The van der Waals surface area contributed by atoms with Gasteiger partial charge < -0.3 is 10.2 Å². The number of nitriles is 1. The van der Waals surface area contributed by atoms with Gasteiger partial charge in [0.25, 0.3) is 5.91 Å². The quantitative estimate of drug-likeness (QED) is 0.739. The molecule has 0 aliphatic carbocycles. The number of carbonyl (C=O) groups is 1. The van der Waals surface area contributed by atoms with Crippen molar-refractivity contribution >= 4 is 17.3 Å². The second-order valence-corrected chi connectivity index (χ2v) is 6.51. The van der Waals surface area contributed by atoms with Gasteiger partial charge in [-0.2, -0.15) is 10.4 Å². The normalized spacial score (nSPS) is 15.7. The standard InChI is InChI=1S/C20H18N6O2/c1-2-17-7-18(28-25-17)11-23-20(27)14-5-3-4-13(6-14)16-9-22-19-15(8-21)10-24-26(19)12-16/h3-6,9-10,12,18H,2,7,11H2,1H3,(H,23,27)/t18-/m1/s1. The molecule has 1 N–H and O–H groups in total. The fourth-order valence-corrected chi connectivity index (χ4v) is 3.06. The molecule has 28 heavy (non-hydrogen) atoms. The topological polar surface area (TPSA) is 105 Å². The summed E-state index contributed by atoms with van der Waals surface area (Å²) in [7, 11) is 0. The van der Waals surface area contributed by atoms with Gasteiger partial charge in [-0.15, -0.1) is 0 Å². The minimum atomic E-state index is -0.171. The molecule has 0 saturated carbocycles. The van der Waals surface area contributed by atoms with Crippen LogP contribution in [0.1, 0.15) is 35.7 Å². The van der Waals surface area contributed by atoms with Crippen molar-refractivity contribution in [2.24, 2.45) is 5.16 Å². The van der Waals surface area contributed by atoms with Gasteiger partial charge in [-0.25, -0.2) is 9.50 Å². The highest BCUT2D eigenvalue weighted by atomic mass is 16.6. The van der Waals surface area contributed by atoms with E-state index in [2.05, 4.69) is 26.6 Å². The van der Waals surface area contributed by atoms with Crippen molar-refractivity contribution in [3.63, 3.8) is 0 Å². The van der Waals surface area contributed by atoms with Crippen molar-refractivity contribution < 1.29 is 9.63 Å². The second-order valence-electron chi connectivity index (χ2n) is 6.51. The number of carbonyl (C=O) groups excluding carboxylic acids is 1. The first-order valence-corrected chi connectivity index (χ1v) is 9.01. The van der Waals surface area contributed by atoms with Crippen molar-refractivity contribution in [3.05, 3.63) is 54.0 Å². The predicted octanol–water partition coefficient (Wildman–Crippen LogP) is 2.55. The fourth-order valence-electron chi connectivity index (χ4n) is 3.06. The second kappa shape index (κ2) is 7.48. The third kappa shape index (κ3) is 3.42. The van der Waals surface area contributed by atoms with Gasteiger partial charge in [0.15, 0.2) is 5.65 Å². The van der Waals surface area contributed by atoms with Crippen molar-refractivity contribution in [1.82, 2.24) is 19.9 Å². The molecule has 1 aliphatic heterocycles. The molecule has 8 nitrogen and oxygen atoms in total. The molecule has 0 unspecified atom stereocenters. The van der Waals surface area contributed by atoms with Crippen molar-refractivity contribution in [2.75, 3.05) is 6.54 Å². The number of benzene rings is 1. The van der Waals surface area contributed by atoms with Gasteiger partial charge in [-0.3, -0.25) is 4.79 Å². The molecule has 3 heterocycles. The van der Waals surface area contributed by atoms with Crippen LogP contribution in [-0.2, 0) is 4.84 Å². The van der Waals surface area contributed by atoms with Crippen LogP contribution in [0.15, 0.2) is 48.0 Å². The van der Waals surface area contributed by atoms with Gasteiger partial charge in [0.1, 0.15) is 17.7 Å². The van der Waals surface area contributed by atoms with E-state index in [4.69, 9.17) is 10.1 Å². The molecule has 0 spiro atoms. The van der Waals surface area contributed by atoms with Gasteiger partial charge in [0.05, 0.1) is 18.5 Å². The van der Waals surface area contributed by atoms with Crippen LogP contribution >= 0.6 is 0 Å². The Balaban J connectivity index is 1.48. The van der Waals surface area contributed by atoms with Gasteiger partial charge in [0, 0.05) is 29.9 Å². The molecule has 1 amide bonds. The number of nitrogens with one attached hydrogen (secondary N) is 1. The molecule has 4 rings (SSSR count). The Morgan fingerprint density at radius 2 is 2.29 bits per heavy atom. The summed E-state index contributed by atoms with van der Waals surface area (Å²) >= 11 is 0. The highest BCUT2D eigenvalue weighted by molar-refractivity contribution is 5.95. The number of fused-ring (bicyclic) bond motifs is 1. The Morgan fingerprint density at radius 3 is 3.07 bits per heavy atom. The van der Waals surface area contributed by atoms with E-state index in [-0.39, 0.29) is 12.0 Å². The average Bonchev–Trinajstić information content (AvgIpc) is 3.38. The van der Waals surface area contributed by atoms with Crippen LogP contribution in [0.3, 0.4) is 0 Å². The average molecular weight is 374 g/mol. The zero-order chi connectivity index (χ0) is 19.5. The Hall–Kier alpha value is -3.73. The van der Waals surface area contributed by atoms with Crippen molar-refractivity contribution in [2.45, 2.75) is 25.9 Å². The fraction of sp³-hybridized carbons (Fsp3) is 0.250. The number of hydrogen-bond acceptors (Lipinski definition) is 6. The Kier molecular flexibility index (Phi) is 4.72. The zero-order valence-electron chi connectivity index (χ0n) is 15.3. The summed E-state index contributed by atoms with van der Waals surface area (Å²) < 4.78 is 1.56. The molecule has 1 aromatic carbocycles. The van der Waals surface area contributed by atoms with Crippen LogP contribution in [0.5, 0.6) is 0 Å². The highest BCUT2D eigenvalue weighted by Gasteiger charge is 2.20. The number of rotatable bonds is 5. The summed E-state index contributed by atoms with van der Waals surface area (Å²) in [6, 6.07) is 9.34. The minimum absolute atomic E-state index is 0.108. The van der Waals surface area contributed by atoms with E-state index in [1.165, 1.54) is 6.20 Å². The van der Waals surface area contributed by atoms with E-state index >= 15 is 0 Å². The number of hydrogen-bond donors (Lipinski definition) is 1. The molecule has 0 radical (unpaired) electrons. The maximum Gasteiger partial charge on any atom is 0.251 e. The SMILES string of the molecule is CCC1=NO[C@@H](CNC(=O)c2cccc(-c3cnc4c(C#N)cnn4c3)c2)C1. The molecule has 0 saturated heterocycles. The predicted molar refractivity (Wildman–Crippen MR) is 103 cm³/mol. The number of amides is 1. The van der Waals surface area contributed by atoms with Gasteiger partial charge in [-0.1, -0.05) is 24.2 Å². The van der Waals surface area contributed by atoms with Crippen LogP contribution in [-0.4, -0.2) is 38.9 Å². The van der Waals surface area contributed by atoms with Crippen LogP contribution in [0.4, 0.5) is 0 Å². The first-order valence-electron chi connectivity index (χ1n) is 9.01. The summed E-state index contributed by atoms with van der Waals surface area (Å²) in [5, 5.41) is 20.1. The van der Waals surface area contributed by atoms with E-state index < -0.39 is 0 Å². The van der Waals surface area contributed by atoms with Gasteiger partial charge >= 0.3 is 0 Å². The Bertz CT molecular complexity index is 1110. The monoisotopic (exact) mass is 374 g/mol. The van der Waals surface area contributed by atoms with E-state index in [9.17, 15) is 4.79 Å². The van der Waals surface area contributed by atoms with Gasteiger partial charge in [0.2, 0.25) is 0 Å². The third-order valence-corrected chi connectivity index (χ3v) is 4.63. The Labute approximate surface area is 161 Å². The number of aromatic nitrogens is 3. The summed E-state index contributed by atoms with van der Waals surface area (Å²) in [4.78, 5) is 22.2. The maximum absolute atomic E-state index is 12.5. The van der Waals surface area contributed by atoms with Crippen LogP contribution in [0.2, 0.25) is 0 Å². The lowest BCUT2D eigenvalue weighted by atomic mass is 10.1. The lowest BCUT2D eigenvalue weighted by molar-refractivity contribution is 0.0753. The zero-order valence-corrected chi connectivity index (χ0v) is 15.3. The van der Waals surface area contributed by atoms with E-state index in [0.717, 1.165) is 29.7 Å². The number of oxime groups is 1. The van der Waals surface area contributed by atoms with Crippen LogP contribution in [0.25, 0.3) is 16.8 Å². The van der Waals surface area contributed by atoms with Crippen molar-refractivity contribution in [3.8, 4) is 17.2 Å².